The fraction of sp³-hybridized carbons (Fsp3) is 0.543. The molecule has 203 valence electrons. The van der Waals surface area contributed by atoms with E-state index in [1.165, 1.54) is 49.7 Å². The Balaban J connectivity index is 0.000000204. The number of nitrogens with one attached hydrogen (secondary N) is 1. The molecule has 2 aromatic carbocycles. The molecular formula is C35H50NSiZr. The molecule has 1 nitrogen and oxygen atoms in total. The van der Waals surface area contributed by atoms with Crippen LogP contribution in [0.15, 0.2) is 80.7 Å². The number of rotatable bonds is 5. The molecule has 5 aliphatic rings. The van der Waals surface area contributed by atoms with Crippen LogP contribution in [0.1, 0.15) is 80.1 Å². The van der Waals surface area contributed by atoms with Gasteiger partial charge < -0.3 is 0 Å². The Hall–Kier alpha value is -1.02. The van der Waals surface area contributed by atoms with Gasteiger partial charge in [-0.3, -0.25) is 0 Å². The largest absolute Gasteiger partial charge is 0.0622 e. The van der Waals surface area contributed by atoms with Crippen LogP contribution in [0.2, 0.25) is 13.1 Å². The van der Waals surface area contributed by atoms with Crippen LogP contribution in [-0.2, 0) is 21.2 Å². The van der Waals surface area contributed by atoms with E-state index in [-0.39, 0.29) is 0 Å². The second-order valence-electron chi connectivity index (χ2n) is 14.4. The van der Waals surface area contributed by atoms with Crippen molar-refractivity contribution in [2.24, 2.45) is 22.7 Å². The summed E-state index contributed by atoms with van der Waals surface area (Å²) in [6.07, 6.45) is 8.97. The van der Waals surface area contributed by atoms with E-state index in [2.05, 4.69) is 106 Å². The van der Waals surface area contributed by atoms with E-state index in [1.807, 2.05) is 15.4 Å². The molecule has 2 aromatic rings. The van der Waals surface area contributed by atoms with Crippen molar-refractivity contribution in [3.05, 3.63) is 80.7 Å². The average Bonchev–Trinajstić information content (AvgIpc) is 3.04. The number of benzene rings is 2. The Morgan fingerprint density at radius 2 is 1.24 bits per heavy atom. The van der Waals surface area contributed by atoms with Gasteiger partial charge in [-0.2, -0.15) is 0 Å². The summed E-state index contributed by atoms with van der Waals surface area (Å²) < 4.78 is 6.58. The van der Waals surface area contributed by atoms with Crippen molar-refractivity contribution in [1.82, 2.24) is 3.26 Å². The minimum Gasteiger partial charge on any atom is -0.0622 e. The number of hydrogen-bond acceptors (Lipinski definition) is 1. The number of hydrogen-bond donors (Lipinski definition) is 1. The third-order valence-electron chi connectivity index (χ3n) is 10.4. The topological polar surface area (TPSA) is 12.0 Å². The van der Waals surface area contributed by atoms with Crippen LogP contribution in [0.4, 0.5) is 0 Å². The molecule has 3 heteroatoms. The molecule has 3 unspecified atom stereocenters. The van der Waals surface area contributed by atoms with Gasteiger partial charge in [0.15, 0.2) is 0 Å². The molecule has 1 N–H and O–H groups in total. The summed E-state index contributed by atoms with van der Waals surface area (Å²) in [5.41, 5.74) is 9.29. The van der Waals surface area contributed by atoms with Crippen molar-refractivity contribution in [3.63, 3.8) is 0 Å². The molecule has 0 radical (unpaired) electrons. The zero-order chi connectivity index (χ0) is 27.3. The Bertz CT molecular complexity index is 1160. The Morgan fingerprint density at radius 1 is 0.737 bits per heavy atom. The van der Waals surface area contributed by atoms with E-state index in [9.17, 15) is 0 Å². The van der Waals surface area contributed by atoms with Crippen molar-refractivity contribution >= 4 is 5.92 Å². The standard InChI is InChI=1S/C12H20N.C12H10.C9H13.C2H7Si.Zr/c1-10-3-9-4-11(2,6-10)8-12(13,5-9)7-10;1-3-7-11(8-4-1)12-9-5-2-6-10-12;1-6-5-7(2)9(4)8(6)3;1-3-2;/h9,13H,3-8H2,1-2H3;1-10H;6H,1-4H3;3H,1-2H3;/q-1;;;;+1. The second-order valence-corrected chi connectivity index (χ2v) is 32.6. The summed E-state index contributed by atoms with van der Waals surface area (Å²) in [5, 5.41) is 0. The van der Waals surface area contributed by atoms with Gasteiger partial charge in [-0.05, 0) is 11.1 Å². The van der Waals surface area contributed by atoms with Crippen LogP contribution in [-0.4, -0.2) is 11.5 Å². The molecule has 5 aliphatic carbocycles. The fourth-order valence-electron chi connectivity index (χ4n) is 9.46. The minimum atomic E-state index is -1.76. The summed E-state index contributed by atoms with van der Waals surface area (Å²) in [6, 6.07) is 20.8. The summed E-state index contributed by atoms with van der Waals surface area (Å²) in [5.74, 6) is 1.09. The van der Waals surface area contributed by atoms with Crippen molar-refractivity contribution in [3.8, 4) is 11.1 Å². The van der Waals surface area contributed by atoms with Gasteiger partial charge in [0.05, 0.1) is 0 Å². The average molecular weight is 604 g/mol. The maximum atomic E-state index is 4.63. The molecule has 4 fully saturated rings. The molecule has 0 heterocycles. The normalized spacial score (nSPS) is 33.6. The van der Waals surface area contributed by atoms with Gasteiger partial charge in [-0.1, -0.05) is 60.7 Å². The Morgan fingerprint density at radius 3 is 1.63 bits per heavy atom. The molecule has 0 aromatic heterocycles. The van der Waals surface area contributed by atoms with Crippen LogP contribution in [0.25, 0.3) is 11.1 Å². The second kappa shape index (κ2) is 10.8. The van der Waals surface area contributed by atoms with E-state index in [0.29, 0.717) is 16.4 Å². The van der Waals surface area contributed by atoms with Crippen LogP contribution in [0.5, 0.6) is 0 Å². The summed E-state index contributed by atoms with van der Waals surface area (Å²) in [4.78, 5) is 0. The van der Waals surface area contributed by atoms with Gasteiger partial charge in [0.25, 0.3) is 0 Å². The Kier molecular flexibility index (Phi) is 8.07. The first-order valence-corrected chi connectivity index (χ1v) is 24.7. The third-order valence-corrected chi connectivity index (χ3v) is 28.2. The SMILES string of the molecule is CC1=C(C)C(C)[C]([Zr]([NH]C23CC4CC(C)(CC(C)(C4)C2)C3)[SiH](C)C)=C1C.c1ccc(-c2ccccc2)cc1. The Labute approximate surface area is 242 Å². The van der Waals surface area contributed by atoms with Gasteiger partial charge in [-0.15, -0.1) is 0 Å². The van der Waals surface area contributed by atoms with Gasteiger partial charge in [0.2, 0.25) is 0 Å². The molecule has 0 spiro atoms. The zero-order valence-corrected chi connectivity index (χ0v) is 28.9. The molecule has 38 heavy (non-hydrogen) atoms. The van der Waals surface area contributed by atoms with Gasteiger partial charge in [0.1, 0.15) is 0 Å². The molecular weight excluding hydrogens is 554 g/mol. The third kappa shape index (κ3) is 5.59. The van der Waals surface area contributed by atoms with Crippen LogP contribution >= 0.6 is 0 Å². The van der Waals surface area contributed by atoms with Crippen LogP contribution < -0.4 is 3.26 Å². The van der Waals surface area contributed by atoms with Crippen molar-refractivity contribution in [1.29, 1.82) is 0 Å². The quantitative estimate of drug-likeness (QED) is 0.336. The number of allylic oxidation sites excluding steroid dienone is 4. The van der Waals surface area contributed by atoms with Crippen molar-refractivity contribution in [2.75, 3.05) is 0 Å². The molecule has 0 aliphatic heterocycles. The fourth-order valence-corrected chi connectivity index (χ4v) is 27.2. The van der Waals surface area contributed by atoms with Crippen molar-refractivity contribution in [2.45, 2.75) is 98.7 Å². The van der Waals surface area contributed by atoms with E-state index in [1.54, 1.807) is 16.7 Å². The van der Waals surface area contributed by atoms with Crippen LogP contribution in [0.3, 0.4) is 0 Å². The van der Waals surface area contributed by atoms with Gasteiger partial charge in [-0.25, -0.2) is 0 Å². The first-order chi connectivity index (χ1) is 17.9. The van der Waals surface area contributed by atoms with Crippen molar-refractivity contribution < 1.29 is 21.2 Å². The predicted molar refractivity (Wildman–Crippen MR) is 164 cm³/mol. The first kappa shape index (κ1) is 28.5. The molecule has 0 saturated heterocycles. The molecule has 3 atom stereocenters. The molecule has 4 saturated carbocycles. The van der Waals surface area contributed by atoms with Crippen LogP contribution in [0, 0.1) is 22.7 Å². The molecule has 4 bridgehead atoms. The summed E-state index contributed by atoms with van der Waals surface area (Å²) in [6.45, 7) is 20.3. The summed E-state index contributed by atoms with van der Waals surface area (Å²) >= 11 is -1.76. The molecule has 7 rings (SSSR count). The maximum Gasteiger partial charge on any atom is -0.0184 e. The maximum absolute atomic E-state index is 4.63. The van der Waals surface area contributed by atoms with E-state index < -0.39 is 27.1 Å². The van der Waals surface area contributed by atoms with Gasteiger partial charge >= 0.3 is 172 Å². The smallest absolute Gasteiger partial charge is 0.0184 e. The first-order valence-electron chi connectivity index (χ1n) is 15.1. The van der Waals surface area contributed by atoms with Gasteiger partial charge in [0, 0.05) is 0 Å². The van der Waals surface area contributed by atoms with E-state index in [4.69, 9.17) is 0 Å². The van der Waals surface area contributed by atoms with E-state index in [0.717, 1.165) is 11.8 Å². The summed E-state index contributed by atoms with van der Waals surface area (Å²) in [7, 11) is 0. The monoisotopic (exact) mass is 602 g/mol. The zero-order valence-electron chi connectivity index (χ0n) is 25.2. The molecule has 0 amide bonds. The predicted octanol–water partition coefficient (Wildman–Crippen LogP) is 9.46. The van der Waals surface area contributed by atoms with E-state index >= 15 is 0 Å². The minimum absolute atomic E-state index is 0.506.